The predicted molar refractivity (Wildman–Crippen MR) is 128 cm³/mol. The molecule has 1 saturated heterocycles. The van der Waals surface area contributed by atoms with Crippen LogP contribution in [0.2, 0.25) is 0 Å². The van der Waals surface area contributed by atoms with Crippen LogP contribution < -0.4 is 5.32 Å². The number of H-pyrrole nitrogens is 1. The molecule has 0 radical (unpaired) electrons. The molecule has 0 bridgehead atoms. The Bertz CT molecular complexity index is 1650. The Kier molecular flexibility index (Phi) is 4.00. The second-order valence-electron chi connectivity index (χ2n) is 9.27. The summed E-state index contributed by atoms with van der Waals surface area (Å²) in [5.41, 5.74) is 4.85. The van der Waals surface area contributed by atoms with Gasteiger partial charge in [-0.05, 0) is 24.6 Å². The molecule has 0 aliphatic carbocycles. The van der Waals surface area contributed by atoms with Crippen molar-refractivity contribution in [3.05, 3.63) is 59.7 Å². The number of aromatic nitrogens is 2. The molecule has 5 atom stereocenters. The summed E-state index contributed by atoms with van der Waals surface area (Å²) in [6.45, 7) is 2.11. The van der Waals surface area contributed by atoms with Crippen molar-refractivity contribution in [2.45, 2.75) is 44.1 Å². The molecule has 1 amide bonds. The molecule has 2 aliphatic heterocycles. The number of aliphatic hydroxyl groups is 3. The Morgan fingerprint density at radius 3 is 2.50 bits per heavy atom. The highest BCUT2D eigenvalue weighted by molar-refractivity contribution is 6.30. The summed E-state index contributed by atoms with van der Waals surface area (Å²) < 4.78 is 7.97. The molecule has 1 fully saturated rings. The van der Waals surface area contributed by atoms with Gasteiger partial charge in [0.05, 0.1) is 28.2 Å². The minimum atomic E-state index is -1.37. The maximum absolute atomic E-state index is 13.1. The number of ether oxygens (including phenoxy) is 1. The van der Waals surface area contributed by atoms with Crippen molar-refractivity contribution in [3.63, 3.8) is 0 Å². The molecular formula is C26H23N3O5. The number of carbonyl (C=O) groups excluding carboxylic acids is 1. The van der Waals surface area contributed by atoms with E-state index in [4.69, 9.17) is 4.74 Å². The molecule has 2 aromatic heterocycles. The molecule has 3 unspecified atom stereocenters. The van der Waals surface area contributed by atoms with Crippen molar-refractivity contribution in [1.29, 1.82) is 0 Å². The molecule has 8 nitrogen and oxygen atoms in total. The zero-order chi connectivity index (χ0) is 23.3. The second kappa shape index (κ2) is 6.80. The number of nitrogens with one attached hydrogen (secondary N) is 2. The quantitative estimate of drug-likeness (QED) is 0.265. The molecule has 3 aromatic carbocycles. The average Bonchev–Trinajstić information content (AvgIpc) is 3.51. The van der Waals surface area contributed by atoms with Gasteiger partial charge in [0.1, 0.15) is 18.3 Å². The van der Waals surface area contributed by atoms with E-state index >= 15 is 0 Å². The summed E-state index contributed by atoms with van der Waals surface area (Å²) in [7, 11) is 0. The molecule has 5 aromatic rings. The molecule has 0 saturated carbocycles. The Labute approximate surface area is 193 Å². The van der Waals surface area contributed by atoms with Gasteiger partial charge in [0.2, 0.25) is 0 Å². The van der Waals surface area contributed by atoms with Crippen molar-refractivity contribution in [2.75, 3.05) is 0 Å². The normalized spacial score (nSPS) is 27.2. The van der Waals surface area contributed by atoms with E-state index in [1.54, 1.807) is 6.92 Å². The minimum absolute atomic E-state index is 0.135. The van der Waals surface area contributed by atoms with Gasteiger partial charge in [-0.15, -0.1) is 0 Å². The fourth-order valence-electron chi connectivity index (χ4n) is 5.86. The number of hydrogen-bond acceptors (Lipinski definition) is 5. The summed E-state index contributed by atoms with van der Waals surface area (Å²) in [5, 5.41) is 38.5. The van der Waals surface area contributed by atoms with Crippen LogP contribution in [0.4, 0.5) is 0 Å². The lowest BCUT2D eigenvalue weighted by Gasteiger charge is -2.40. The first-order valence-corrected chi connectivity index (χ1v) is 11.4. The van der Waals surface area contributed by atoms with E-state index in [0.29, 0.717) is 12.1 Å². The van der Waals surface area contributed by atoms with Gasteiger partial charge >= 0.3 is 0 Å². The highest BCUT2D eigenvalue weighted by Crippen LogP contribution is 2.45. The fourth-order valence-corrected chi connectivity index (χ4v) is 5.86. The lowest BCUT2D eigenvalue weighted by Crippen LogP contribution is -2.54. The maximum Gasteiger partial charge on any atom is 0.252 e. The smallest absolute Gasteiger partial charge is 0.252 e. The van der Waals surface area contributed by atoms with E-state index in [0.717, 1.165) is 49.2 Å². The molecule has 34 heavy (non-hydrogen) atoms. The SMILES string of the molecule is CC1O[C@H](n2c3ccccc3c3c4c(c5c6ccccc6[nH]c5c32)CNC4=O)C(O)C(O)[C@H]1O. The van der Waals surface area contributed by atoms with Gasteiger partial charge in [-0.3, -0.25) is 4.79 Å². The van der Waals surface area contributed by atoms with Gasteiger partial charge in [0.15, 0.2) is 6.23 Å². The van der Waals surface area contributed by atoms with Crippen molar-refractivity contribution in [2.24, 2.45) is 0 Å². The summed E-state index contributed by atoms with van der Waals surface area (Å²) in [4.78, 5) is 16.7. The van der Waals surface area contributed by atoms with Crippen LogP contribution >= 0.6 is 0 Å². The highest BCUT2D eigenvalue weighted by atomic mass is 16.5. The second-order valence-corrected chi connectivity index (χ2v) is 9.27. The number of hydrogen-bond donors (Lipinski definition) is 5. The summed E-state index contributed by atoms with van der Waals surface area (Å²) in [6, 6.07) is 15.6. The topological polar surface area (TPSA) is 120 Å². The molecular weight excluding hydrogens is 434 g/mol. The zero-order valence-electron chi connectivity index (χ0n) is 18.3. The van der Waals surface area contributed by atoms with E-state index in [1.165, 1.54) is 0 Å². The van der Waals surface area contributed by atoms with E-state index in [-0.39, 0.29) is 5.91 Å². The molecule has 4 heterocycles. The Hall–Kier alpha value is -3.43. The molecule has 172 valence electrons. The number of aliphatic hydroxyl groups excluding tert-OH is 3. The third-order valence-corrected chi connectivity index (χ3v) is 7.44. The van der Waals surface area contributed by atoms with Crippen LogP contribution in [-0.2, 0) is 11.3 Å². The van der Waals surface area contributed by atoms with Crippen LogP contribution in [0.25, 0.3) is 43.6 Å². The number of carbonyl (C=O) groups is 1. The Morgan fingerprint density at radius 1 is 0.941 bits per heavy atom. The number of aromatic amines is 1. The standard InChI is InChI=1S/C26H23N3O5/c1-11-22(30)23(31)24(32)26(34-11)29-16-9-5-3-7-13(16)18-19-14(10-27-25(19)33)17-12-6-2-4-8-15(12)28-20(17)21(18)29/h2-9,11,22-24,26,28,30-32H,10H2,1H3,(H,27,33)/t11?,22-,23?,24?,26-/m0/s1. The third-order valence-electron chi connectivity index (χ3n) is 7.44. The molecule has 8 heteroatoms. The van der Waals surface area contributed by atoms with Crippen LogP contribution in [0, 0.1) is 0 Å². The Morgan fingerprint density at radius 2 is 1.68 bits per heavy atom. The predicted octanol–water partition coefficient (Wildman–Crippen LogP) is 2.67. The van der Waals surface area contributed by atoms with E-state index in [9.17, 15) is 20.1 Å². The molecule has 0 spiro atoms. The number of amides is 1. The van der Waals surface area contributed by atoms with Crippen molar-refractivity contribution < 1.29 is 24.9 Å². The number of para-hydroxylation sites is 2. The van der Waals surface area contributed by atoms with Gasteiger partial charge < -0.3 is 34.9 Å². The van der Waals surface area contributed by atoms with Crippen LogP contribution in [0.1, 0.15) is 29.1 Å². The molecule has 5 N–H and O–H groups in total. The van der Waals surface area contributed by atoms with Gasteiger partial charge in [0, 0.05) is 33.6 Å². The van der Waals surface area contributed by atoms with Crippen LogP contribution in [0.3, 0.4) is 0 Å². The highest BCUT2D eigenvalue weighted by Gasteiger charge is 2.44. The summed E-state index contributed by atoms with van der Waals surface area (Å²) in [6.07, 6.45) is -5.61. The average molecular weight is 457 g/mol. The number of rotatable bonds is 1. The summed E-state index contributed by atoms with van der Waals surface area (Å²) >= 11 is 0. The largest absolute Gasteiger partial charge is 0.388 e. The van der Waals surface area contributed by atoms with Crippen LogP contribution in [0.15, 0.2) is 48.5 Å². The first kappa shape index (κ1) is 20.0. The first-order chi connectivity index (χ1) is 16.5. The minimum Gasteiger partial charge on any atom is -0.388 e. The zero-order valence-corrected chi connectivity index (χ0v) is 18.3. The lowest BCUT2D eigenvalue weighted by molar-refractivity contribution is -0.238. The van der Waals surface area contributed by atoms with Gasteiger partial charge in [-0.25, -0.2) is 0 Å². The maximum atomic E-state index is 13.1. The van der Waals surface area contributed by atoms with Gasteiger partial charge in [-0.2, -0.15) is 0 Å². The lowest BCUT2D eigenvalue weighted by atomic mass is 9.96. The van der Waals surface area contributed by atoms with Crippen LogP contribution in [-0.4, -0.2) is 55.2 Å². The molecule has 2 aliphatic rings. The third kappa shape index (κ3) is 2.38. The molecule has 7 rings (SSSR count). The fraction of sp³-hybridized carbons (Fsp3) is 0.269. The van der Waals surface area contributed by atoms with Crippen molar-refractivity contribution in [1.82, 2.24) is 14.9 Å². The van der Waals surface area contributed by atoms with Crippen molar-refractivity contribution >= 4 is 49.5 Å². The van der Waals surface area contributed by atoms with E-state index < -0.39 is 30.6 Å². The first-order valence-electron chi connectivity index (χ1n) is 11.4. The van der Waals surface area contributed by atoms with Crippen LogP contribution in [0.5, 0.6) is 0 Å². The van der Waals surface area contributed by atoms with E-state index in [2.05, 4.69) is 10.3 Å². The monoisotopic (exact) mass is 457 g/mol. The number of benzene rings is 3. The van der Waals surface area contributed by atoms with Gasteiger partial charge in [0.25, 0.3) is 5.91 Å². The van der Waals surface area contributed by atoms with Crippen molar-refractivity contribution in [3.8, 4) is 0 Å². The summed E-state index contributed by atoms with van der Waals surface area (Å²) in [5.74, 6) is -0.135. The Balaban J connectivity index is 1.70. The number of fused-ring (bicyclic) bond motifs is 10. The van der Waals surface area contributed by atoms with Gasteiger partial charge in [-0.1, -0.05) is 36.4 Å². The number of nitrogens with zero attached hydrogens (tertiary/aromatic N) is 1. The van der Waals surface area contributed by atoms with E-state index in [1.807, 2.05) is 53.1 Å².